The van der Waals surface area contributed by atoms with E-state index in [1.807, 2.05) is 0 Å². The van der Waals surface area contributed by atoms with Crippen LogP contribution in [0, 0.1) is 0 Å². The van der Waals surface area contributed by atoms with Crippen molar-refractivity contribution in [2.24, 2.45) is 22.2 Å². The number of rotatable bonds is 11. The van der Waals surface area contributed by atoms with Gasteiger partial charge in [0.15, 0.2) is 17.8 Å². The summed E-state index contributed by atoms with van der Waals surface area (Å²) in [5.41, 5.74) is 17.8. The molecule has 0 aromatic carbocycles. The minimum atomic E-state index is -2.87. The number of ether oxygens (including phenoxy) is 1. The molecule has 0 spiro atoms. The maximum Gasteiger partial charge on any atom is 0.351 e. The van der Waals surface area contributed by atoms with Gasteiger partial charge >= 0.3 is 11.7 Å². The molecule has 0 aliphatic carbocycles. The topological polar surface area (TPSA) is 308 Å². The van der Waals surface area contributed by atoms with Gasteiger partial charge in [-0.1, -0.05) is 6.08 Å². The van der Waals surface area contributed by atoms with Crippen LogP contribution in [-0.2, 0) is 20.9 Å². The number of aliphatic hydroxyl groups is 4. The molecule has 36 heavy (non-hydrogen) atoms. The molecule has 2 rings (SSSR count). The zero-order valence-corrected chi connectivity index (χ0v) is 19.0. The minimum Gasteiger partial charge on any atom is -0.479 e. The van der Waals surface area contributed by atoms with Gasteiger partial charge in [0.25, 0.3) is 0 Å². The molecule has 1 aromatic heterocycles. The number of carbonyl (C=O) groups is 2. The lowest BCUT2D eigenvalue weighted by molar-refractivity contribution is -0.197. The van der Waals surface area contributed by atoms with Gasteiger partial charge in [-0.15, -0.1) is 0 Å². The number of nitrogens with zero attached hydrogens (tertiary/aromatic N) is 3. The number of aromatic nitrogens is 2. The van der Waals surface area contributed by atoms with E-state index < -0.39 is 79.9 Å². The Balaban J connectivity index is 2.52. The van der Waals surface area contributed by atoms with Crippen LogP contribution in [-0.4, -0.2) is 96.0 Å². The predicted octanol–water partition coefficient (Wildman–Crippen LogP) is -5.58. The lowest BCUT2D eigenvalue weighted by Gasteiger charge is -2.41. The van der Waals surface area contributed by atoms with Crippen molar-refractivity contribution in [1.29, 1.82) is 0 Å². The lowest BCUT2D eigenvalue weighted by Crippen LogP contribution is -2.63. The third kappa shape index (κ3) is 6.53. The number of anilines is 1. The lowest BCUT2D eigenvalue weighted by atomic mass is 9.84. The predicted molar refractivity (Wildman–Crippen MR) is 123 cm³/mol. The van der Waals surface area contributed by atoms with Crippen molar-refractivity contribution in [3.05, 3.63) is 34.4 Å². The molecular formula is C19H30N8O9. The maximum absolute atomic E-state index is 12.4. The molecular weight excluding hydrogens is 484 g/mol. The Kier molecular flexibility index (Phi) is 9.45. The number of nitrogen functional groups attached to an aromatic ring is 1. The van der Waals surface area contributed by atoms with Gasteiger partial charge in [-0.05, 0) is 6.08 Å². The Hall–Kier alpha value is -3.61. The number of carboxylic acid groups (broad SMARTS) is 1. The van der Waals surface area contributed by atoms with E-state index in [0.29, 0.717) is 0 Å². The largest absolute Gasteiger partial charge is 0.479 e. The second kappa shape index (κ2) is 11.9. The number of aliphatic hydroxyl groups excluding tert-OH is 3. The van der Waals surface area contributed by atoms with E-state index in [9.17, 15) is 34.8 Å². The molecule has 17 nitrogen and oxygen atoms in total. The van der Waals surface area contributed by atoms with E-state index in [1.165, 1.54) is 12.2 Å². The smallest absolute Gasteiger partial charge is 0.351 e. The summed E-state index contributed by atoms with van der Waals surface area (Å²) in [4.78, 5) is 44.1. The molecule has 6 atom stereocenters. The number of nitrogens with two attached hydrogens (primary N) is 4. The molecule has 200 valence electrons. The number of aliphatic imine (C=N–C) groups is 1. The van der Waals surface area contributed by atoms with E-state index in [2.05, 4.69) is 15.3 Å². The second-order valence-electron chi connectivity index (χ2n) is 8.01. The first-order chi connectivity index (χ1) is 16.8. The zero-order valence-electron chi connectivity index (χ0n) is 19.0. The van der Waals surface area contributed by atoms with E-state index >= 15 is 0 Å². The van der Waals surface area contributed by atoms with E-state index in [-0.39, 0.29) is 17.3 Å². The van der Waals surface area contributed by atoms with Gasteiger partial charge in [0.2, 0.25) is 5.91 Å². The first-order valence-corrected chi connectivity index (χ1v) is 10.5. The van der Waals surface area contributed by atoms with E-state index in [1.54, 1.807) is 0 Å². The van der Waals surface area contributed by atoms with Crippen molar-refractivity contribution in [2.45, 2.75) is 49.1 Å². The quantitative estimate of drug-likeness (QED) is 0.0748. The molecule has 0 fully saturated rings. The zero-order chi connectivity index (χ0) is 27.2. The van der Waals surface area contributed by atoms with Gasteiger partial charge in [-0.25, -0.2) is 9.59 Å². The Morgan fingerprint density at radius 1 is 1.31 bits per heavy atom. The monoisotopic (exact) mass is 514 g/mol. The number of hydrogen-bond acceptors (Lipinski definition) is 12. The highest BCUT2D eigenvalue weighted by molar-refractivity contribution is 5.83. The van der Waals surface area contributed by atoms with Crippen LogP contribution in [0.2, 0.25) is 0 Å². The Bertz CT molecular complexity index is 1070. The molecule has 0 saturated heterocycles. The van der Waals surface area contributed by atoms with Crippen LogP contribution in [0.15, 0.2) is 28.1 Å². The fraction of sp³-hybridized carbons (Fsp3) is 0.526. The van der Waals surface area contributed by atoms with Gasteiger partial charge in [-0.2, -0.15) is 4.98 Å². The molecule has 17 heteroatoms. The van der Waals surface area contributed by atoms with Crippen LogP contribution in [0.3, 0.4) is 0 Å². The van der Waals surface area contributed by atoms with E-state index in [4.69, 9.17) is 32.8 Å². The fourth-order valence-corrected chi connectivity index (χ4v) is 3.43. The maximum atomic E-state index is 12.4. The molecule has 0 bridgehead atoms. The Labute approximate surface area is 203 Å². The van der Waals surface area contributed by atoms with Crippen LogP contribution < -0.4 is 33.9 Å². The third-order valence-electron chi connectivity index (χ3n) is 5.32. The van der Waals surface area contributed by atoms with Gasteiger partial charge in [0, 0.05) is 18.2 Å². The average molecular weight is 514 g/mol. The fourth-order valence-electron chi connectivity index (χ4n) is 3.43. The number of guanidine groups is 1. The number of hydrogen-bond donors (Lipinski definition) is 10. The van der Waals surface area contributed by atoms with Crippen molar-refractivity contribution in [2.75, 3.05) is 18.9 Å². The first-order valence-electron chi connectivity index (χ1n) is 10.5. The number of aliphatic carboxylic acids is 1. The van der Waals surface area contributed by atoms with Crippen molar-refractivity contribution in [1.82, 2.24) is 14.9 Å². The summed E-state index contributed by atoms with van der Waals surface area (Å²) in [5, 5.41) is 52.3. The van der Waals surface area contributed by atoms with Crippen molar-refractivity contribution >= 4 is 23.7 Å². The molecule has 1 aliphatic heterocycles. The highest BCUT2D eigenvalue weighted by Crippen LogP contribution is 2.31. The molecule has 1 aromatic rings. The summed E-state index contributed by atoms with van der Waals surface area (Å²) in [6.07, 6.45) is -2.01. The van der Waals surface area contributed by atoms with E-state index in [0.717, 1.165) is 10.8 Å². The van der Waals surface area contributed by atoms with Crippen LogP contribution in [0.4, 0.5) is 5.82 Å². The van der Waals surface area contributed by atoms with Crippen molar-refractivity contribution in [3.8, 4) is 0 Å². The molecule has 0 radical (unpaired) electrons. The molecule has 2 heterocycles. The number of carbonyl (C=O) groups excluding carboxylic acids is 1. The standard InChI is InChI=1S/C19H30N8O9/c20-10(7-29)15(31)25-11-1-2-12(27-5-8(6-28)14(21)26-18(27)34)36-13(11)19(35,16(32)33)3-9(30)4-24-17(22)23/h1-2,5,9-13,28-30,35H,3-4,6-7,20H2,(H,25,31)(H,32,33)(H2,21,26,34)(H4,22,23,24)/t9-,10?,11+,12-,13+,19-/m1/s1. The number of carboxylic acids is 1. The first kappa shape index (κ1) is 28.6. The molecule has 14 N–H and O–H groups in total. The van der Waals surface area contributed by atoms with Crippen LogP contribution in [0.1, 0.15) is 18.2 Å². The van der Waals surface area contributed by atoms with Gasteiger partial charge < -0.3 is 58.5 Å². The SMILES string of the molecule is NC(N)=NC[C@H](O)C[C@](O)(C(=O)O)[C@H]1O[C@@H](n2cc(CO)c(N)nc2=O)C=C[C@@H]1NC(=O)C(N)CO. The van der Waals surface area contributed by atoms with Crippen molar-refractivity contribution in [3.63, 3.8) is 0 Å². The Morgan fingerprint density at radius 3 is 2.53 bits per heavy atom. The number of nitrogens with one attached hydrogen (secondary N) is 1. The Morgan fingerprint density at radius 2 is 1.97 bits per heavy atom. The normalized spacial score (nSPS) is 22.8. The summed E-state index contributed by atoms with van der Waals surface area (Å²) in [6.45, 7) is -1.77. The number of amides is 1. The third-order valence-corrected chi connectivity index (χ3v) is 5.32. The van der Waals surface area contributed by atoms with Crippen LogP contribution in [0.5, 0.6) is 0 Å². The average Bonchev–Trinajstić information content (AvgIpc) is 2.82. The second-order valence-corrected chi connectivity index (χ2v) is 8.01. The van der Waals surface area contributed by atoms with Gasteiger partial charge in [0.1, 0.15) is 18.0 Å². The summed E-state index contributed by atoms with van der Waals surface area (Å²) in [5.74, 6) is -3.36. The minimum absolute atomic E-state index is 0.0636. The van der Waals surface area contributed by atoms with Crippen LogP contribution >= 0.6 is 0 Å². The van der Waals surface area contributed by atoms with Gasteiger partial charge in [0.05, 0.1) is 31.9 Å². The van der Waals surface area contributed by atoms with Crippen LogP contribution in [0.25, 0.3) is 0 Å². The highest BCUT2D eigenvalue weighted by Gasteiger charge is 2.52. The summed E-state index contributed by atoms with van der Waals surface area (Å²) < 4.78 is 6.62. The molecule has 1 unspecified atom stereocenters. The molecule has 1 amide bonds. The highest BCUT2D eigenvalue weighted by atomic mass is 16.5. The van der Waals surface area contributed by atoms with Gasteiger partial charge in [-0.3, -0.25) is 14.4 Å². The summed E-state index contributed by atoms with van der Waals surface area (Å²) in [6, 6.07) is -2.73. The summed E-state index contributed by atoms with van der Waals surface area (Å²) >= 11 is 0. The molecule has 0 saturated carbocycles. The summed E-state index contributed by atoms with van der Waals surface area (Å²) in [7, 11) is 0. The van der Waals surface area contributed by atoms with Crippen molar-refractivity contribution < 1.29 is 39.9 Å². The molecule has 1 aliphatic rings.